The van der Waals surface area contributed by atoms with E-state index in [0.29, 0.717) is 18.2 Å². The lowest BCUT2D eigenvalue weighted by molar-refractivity contribution is -0.136. The van der Waals surface area contributed by atoms with E-state index in [9.17, 15) is 13.2 Å². The largest absolute Gasteiger partial charge is 0.418 e. The summed E-state index contributed by atoms with van der Waals surface area (Å²) in [4.78, 5) is 0. The topological polar surface area (TPSA) is 38.0 Å². The first-order valence-electron chi connectivity index (χ1n) is 7.57. The minimum Gasteiger partial charge on any atom is -0.398 e. The quantitative estimate of drug-likeness (QED) is 0.775. The van der Waals surface area contributed by atoms with Gasteiger partial charge >= 0.3 is 6.18 Å². The molecule has 0 bridgehead atoms. The van der Waals surface area contributed by atoms with Gasteiger partial charge in [-0.3, -0.25) is 0 Å². The van der Waals surface area contributed by atoms with E-state index in [1.165, 1.54) is 31.7 Å². The van der Waals surface area contributed by atoms with E-state index >= 15 is 0 Å². The van der Waals surface area contributed by atoms with Gasteiger partial charge in [0.25, 0.3) is 0 Å². The van der Waals surface area contributed by atoms with Crippen molar-refractivity contribution in [2.45, 2.75) is 45.2 Å². The number of nitrogen functional groups attached to an aromatic ring is 1. The lowest BCUT2D eigenvalue weighted by atomic mass is 9.81. The molecule has 2 nitrogen and oxygen atoms in total. The molecule has 0 amide bonds. The van der Waals surface area contributed by atoms with Crippen LogP contribution in [0.2, 0.25) is 0 Å². The van der Waals surface area contributed by atoms with E-state index in [1.807, 2.05) is 0 Å². The Labute approximate surface area is 123 Å². The Morgan fingerprint density at radius 2 is 2.05 bits per heavy atom. The number of hydrogen-bond donors (Lipinski definition) is 2. The van der Waals surface area contributed by atoms with Crippen LogP contribution in [0.5, 0.6) is 0 Å². The Balaban J connectivity index is 1.89. The van der Waals surface area contributed by atoms with Crippen molar-refractivity contribution in [3.8, 4) is 0 Å². The van der Waals surface area contributed by atoms with Crippen LogP contribution in [0.15, 0.2) is 18.2 Å². The van der Waals surface area contributed by atoms with Gasteiger partial charge in [-0.2, -0.15) is 13.2 Å². The number of rotatable bonds is 4. The average molecular weight is 300 g/mol. The molecule has 2 unspecified atom stereocenters. The predicted molar refractivity (Wildman–Crippen MR) is 80.1 cm³/mol. The van der Waals surface area contributed by atoms with Crippen LogP contribution >= 0.6 is 0 Å². The fourth-order valence-corrected chi connectivity index (χ4v) is 3.15. The number of halogens is 3. The highest BCUT2D eigenvalue weighted by Gasteiger charge is 2.33. The number of alkyl halides is 3. The molecule has 0 saturated heterocycles. The van der Waals surface area contributed by atoms with Gasteiger partial charge in [-0.25, -0.2) is 0 Å². The molecule has 1 aliphatic rings. The van der Waals surface area contributed by atoms with Crippen molar-refractivity contribution in [3.63, 3.8) is 0 Å². The monoisotopic (exact) mass is 300 g/mol. The fraction of sp³-hybridized carbons (Fsp3) is 0.625. The molecule has 5 heteroatoms. The summed E-state index contributed by atoms with van der Waals surface area (Å²) >= 11 is 0. The highest BCUT2D eigenvalue weighted by atomic mass is 19.4. The molecule has 21 heavy (non-hydrogen) atoms. The van der Waals surface area contributed by atoms with Crippen LogP contribution in [0, 0.1) is 11.8 Å². The van der Waals surface area contributed by atoms with E-state index in [1.54, 1.807) is 6.07 Å². The zero-order chi connectivity index (χ0) is 15.5. The molecule has 1 fully saturated rings. The summed E-state index contributed by atoms with van der Waals surface area (Å²) in [6.07, 6.45) is 1.65. The molecule has 0 aliphatic heterocycles. The number of nitrogens with two attached hydrogens (primary N) is 1. The molecule has 0 heterocycles. The standard InChI is InChI=1S/C16H23F3N2/c1-11-3-2-4-12(9-11)7-8-21-13-5-6-15(20)14(10-13)16(17,18)19/h5-6,10-12,21H,2-4,7-9,20H2,1H3. The SMILES string of the molecule is CC1CCCC(CCNc2ccc(N)c(C(F)(F)F)c2)C1. The summed E-state index contributed by atoms with van der Waals surface area (Å²) in [5.41, 5.74) is 4.88. The second kappa shape index (κ2) is 6.58. The van der Waals surface area contributed by atoms with Crippen LogP contribution in [0.1, 0.15) is 44.6 Å². The van der Waals surface area contributed by atoms with Gasteiger partial charge in [0.1, 0.15) is 0 Å². The Morgan fingerprint density at radius 3 is 2.71 bits per heavy atom. The van der Waals surface area contributed by atoms with Crippen LogP contribution in [-0.4, -0.2) is 6.54 Å². The van der Waals surface area contributed by atoms with Crippen LogP contribution in [0.4, 0.5) is 24.5 Å². The van der Waals surface area contributed by atoms with E-state index < -0.39 is 11.7 Å². The molecule has 2 rings (SSSR count). The molecule has 0 aromatic heterocycles. The van der Waals surface area contributed by atoms with E-state index in [4.69, 9.17) is 5.73 Å². The highest BCUT2D eigenvalue weighted by Crippen LogP contribution is 2.35. The molecule has 1 aromatic carbocycles. The van der Waals surface area contributed by atoms with Crippen LogP contribution < -0.4 is 11.1 Å². The summed E-state index contributed by atoms with van der Waals surface area (Å²) in [6, 6.07) is 4.01. The summed E-state index contributed by atoms with van der Waals surface area (Å²) < 4.78 is 38.3. The predicted octanol–water partition coefficient (Wildman–Crippen LogP) is 4.92. The highest BCUT2D eigenvalue weighted by molar-refractivity contribution is 5.58. The van der Waals surface area contributed by atoms with E-state index in [0.717, 1.165) is 18.4 Å². The number of hydrogen-bond acceptors (Lipinski definition) is 2. The van der Waals surface area contributed by atoms with Crippen molar-refractivity contribution in [2.24, 2.45) is 11.8 Å². The van der Waals surface area contributed by atoms with Gasteiger partial charge in [0, 0.05) is 17.9 Å². The van der Waals surface area contributed by atoms with Gasteiger partial charge in [-0.15, -0.1) is 0 Å². The van der Waals surface area contributed by atoms with Crippen molar-refractivity contribution >= 4 is 11.4 Å². The summed E-state index contributed by atoms with van der Waals surface area (Å²) in [5.74, 6) is 1.47. The first-order chi connectivity index (χ1) is 9.86. The first-order valence-corrected chi connectivity index (χ1v) is 7.57. The summed E-state index contributed by atoms with van der Waals surface area (Å²) in [6.45, 7) is 2.98. The number of anilines is 2. The lowest BCUT2D eigenvalue weighted by Crippen LogP contribution is -2.17. The molecule has 0 spiro atoms. The fourth-order valence-electron chi connectivity index (χ4n) is 3.15. The second-order valence-corrected chi connectivity index (χ2v) is 6.15. The van der Waals surface area contributed by atoms with E-state index in [2.05, 4.69) is 12.2 Å². The molecule has 118 valence electrons. The normalized spacial score (nSPS) is 23.0. The van der Waals surface area contributed by atoms with Crippen molar-refractivity contribution in [2.75, 3.05) is 17.6 Å². The molecule has 1 aromatic rings. The third-order valence-electron chi connectivity index (χ3n) is 4.29. The maximum atomic E-state index is 12.8. The minimum atomic E-state index is -4.40. The third-order valence-corrected chi connectivity index (χ3v) is 4.29. The van der Waals surface area contributed by atoms with Crippen molar-refractivity contribution < 1.29 is 13.2 Å². The summed E-state index contributed by atoms with van der Waals surface area (Å²) in [5, 5.41) is 3.09. The van der Waals surface area contributed by atoms with Crippen LogP contribution in [0.3, 0.4) is 0 Å². The zero-order valence-electron chi connectivity index (χ0n) is 12.3. The Kier molecular flexibility index (Phi) is 5.01. The van der Waals surface area contributed by atoms with Gasteiger partial charge in [0.15, 0.2) is 0 Å². The van der Waals surface area contributed by atoms with Crippen molar-refractivity contribution in [1.82, 2.24) is 0 Å². The second-order valence-electron chi connectivity index (χ2n) is 6.15. The first kappa shape index (κ1) is 16.0. The van der Waals surface area contributed by atoms with Crippen molar-refractivity contribution in [1.29, 1.82) is 0 Å². The maximum Gasteiger partial charge on any atom is 0.418 e. The Morgan fingerprint density at radius 1 is 1.29 bits per heavy atom. The van der Waals surface area contributed by atoms with Gasteiger partial charge < -0.3 is 11.1 Å². The average Bonchev–Trinajstić information content (AvgIpc) is 2.39. The molecular formula is C16H23F3N2. The minimum absolute atomic E-state index is 0.228. The number of benzene rings is 1. The molecule has 1 saturated carbocycles. The van der Waals surface area contributed by atoms with Crippen LogP contribution in [-0.2, 0) is 6.18 Å². The zero-order valence-corrected chi connectivity index (χ0v) is 12.3. The maximum absolute atomic E-state index is 12.8. The smallest absolute Gasteiger partial charge is 0.398 e. The lowest BCUT2D eigenvalue weighted by Gasteiger charge is -2.26. The van der Waals surface area contributed by atoms with Gasteiger partial charge in [-0.1, -0.05) is 26.2 Å². The Hall–Kier alpha value is -1.39. The molecular weight excluding hydrogens is 277 g/mol. The molecule has 2 atom stereocenters. The third kappa shape index (κ3) is 4.55. The van der Waals surface area contributed by atoms with Crippen molar-refractivity contribution in [3.05, 3.63) is 23.8 Å². The molecule has 3 N–H and O–H groups in total. The Bertz CT molecular complexity index is 471. The molecule has 1 aliphatic carbocycles. The van der Waals surface area contributed by atoms with E-state index in [-0.39, 0.29) is 5.69 Å². The molecule has 0 radical (unpaired) electrons. The summed E-state index contributed by atoms with van der Waals surface area (Å²) in [7, 11) is 0. The van der Waals surface area contributed by atoms with Gasteiger partial charge in [0.2, 0.25) is 0 Å². The number of nitrogens with one attached hydrogen (secondary N) is 1. The van der Waals surface area contributed by atoms with Crippen LogP contribution in [0.25, 0.3) is 0 Å². The van der Waals surface area contributed by atoms with Gasteiger partial charge in [0.05, 0.1) is 5.56 Å². The van der Waals surface area contributed by atoms with Gasteiger partial charge in [-0.05, 0) is 42.9 Å².